The van der Waals surface area contributed by atoms with Crippen LogP contribution in [-0.2, 0) is 4.79 Å². The molecule has 3 N–H and O–H groups in total. The Morgan fingerprint density at radius 3 is 1.71 bits per heavy atom. The third kappa shape index (κ3) is 22.7. The minimum Gasteiger partial charge on any atom is -0.394 e. The van der Waals surface area contributed by atoms with Gasteiger partial charge < -0.3 is 15.5 Å². The topological polar surface area (TPSA) is 69.6 Å². The van der Waals surface area contributed by atoms with Crippen LogP contribution >= 0.6 is 0 Å². The lowest BCUT2D eigenvalue weighted by Gasteiger charge is -2.19. The number of carbonyl (C=O) groups excluding carboxylic acids is 1. The van der Waals surface area contributed by atoms with Gasteiger partial charge in [0, 0.05) is 6.42 Å². The second kappa shape index (κ2) is 26.5. The summed E-state index contributed by atoms with van der Waals surface area (Å²) in [6, 6.07) is -0.628. The Morgan fingerprint density at radius 1 is 0.676 bits per heavy atom. The molecule has 0 rings (SSSR count). The number of nitrogens with one attached hydrogen (secondary N) is 1. The van der Waals surface area contributed by atoms with E-state index in [1.54, 1.807) is 6.08 Å². The Bertz CT molecular complexity index is 489. The molecule has 0 bridgehead atoms. The number of hydrogen-bond acceptors (Lipinski definition) is 3. The van der Waals surface area contributed by atoms with Crippen LogP contribution in [0, 0.1) is 0 Å². The quantitative estimate of drug-likeness (QED) is 0.0924. The van der Waals surface area contributed by atoms with Crippen molar-refractivity contribution in [2.24, 2.45) is 0 Å². The molecule has 4 heteroatoms. The second-order valence-electron chi connectivity index (χ2n) is 9.81. The summed E-state index contributed by atoms with van der Waals surface area (Å²) in [7, 11) is 0. The van der Waals surface area contributed by atoms with Crippen molar-refractivity contribution in [3.05, 3.63) is 24.3 Å². The van der Waals surface area contributed by atoms with Crippen LogP contribution in [0.15, 0.2) is 24.3 Å². The molecule has 0 aromatic carbocycles. The highest BCUT2D eigenvalue weighted by Gasteiger charge is 2.17. The molecule has 4 nitrogen and oxygen atoms in total. The third-order valence-electron chi connectivity index (χ3n) is 6.44. The van der Waals surface area contributed by atoms with E-state index in [-0.39, 0.29) is 12.5 Å². The number of carbonyl (C=O) groups is 1. The van der Waals surface area contributed by atoms with Gasteiger partial charge >= 0.3 is 0 Å². The summed E-state index contributed by atoms with van der Waals surface area (Å²) in [4.78, 5) is 12.0. The minimum absolute atomic E-state index is 0.0941. The average molecular weight is 480 g/mol. The zero-order valence-electron chi connectivity index (χ0n) is 22.6. The monoisotopic (exact) mass is 479 g/mol. The maximum absolute atomic E-state index is 12.0. The van der Waals surface area contributed by atoms with Crippen molar-refractivity contribution in [2.45, 2.75) is 154 Å². The number of amides is 1. The first-order chi connectivity index (χ1) is 16.7. The van der Waals surface area contributed by atoms with Crippen LogP contribution in [0.4, 0.5) is 0 Å². The van der Waals surface area contributed by atoms with Crippen LogP contribution in [0.2, 0.25) is 0 Å². The fourth-order valence-electron chi connectivity index (χ4n) is 4.13. The summed E-state index contributed by atoms with van der Waals surface area (Å²) in [6.07, 6.45) is 31.5. The van der Waals surface area contributed by atoms with Crippen LogP contribution in [0.3, 0.4) is 0 Å². The molecule has 200 valence electrons. The molecule has 0 spiro atoms. The molecule has 0 aromatic rings. The van der Waals surface area contributed by atoms with Crippen molar-refractivity contribution in [1.29, 1.82) is 0 Å². The predicted molar refractivity (Wildman–Crippen MR) is 147 cm³/mol. The van der Waals surface area contributed by atoms with Crippen LogP contribution in [0.25, 0.3) is 0 Å². The molecule has 0 aliphatic rings. The normalized spacial score (nSPS) is 13.6. The number of hydrogen-bond donors (Lipinski definition) is 3. The van der Waals surface area contributed by atoms with Crippen molar-refractivity contribution < 1.29 is 15.0 Å². The van der Waals surface area contributed by atoms with Gasteiger partial charge in [-0.2, -0.15) is 0 Å². The van der Waals surface area contributed by atoms with Gasteiger partial charge in [0.25, 0.3) is 0 Å². The highest BCUT2D eigenvalue weighted by Crippen LogP contribution is 2.12. The molecule has 0 heterocycles. The van der Waals surface area contributed by atoms with Gasteiger partial charge in [-0.25, -0.2) is 0 Å². The molecule has 0 saturated heterocycles. The van der Waals surface area contributed by atoms with E-state index in [2.05, 4.69) is 31.3 Å². The van der Waals surface area contributed by atoms with Crippen molar-refractivity contribution in [3.8, 4) is 0 Å². The van der Waals surface area contributed by atoms with Gasteiger partial charge in [0.05, 0.1) is 18.8 Å². The number of unbranched alkanes of at least 4 members (excludes halogenated alkanes) is 16. The van der Waals surface area contributed by atoms with Crippen LogP contribution in [0.1, 0.15) is 142 Å². The number of aliphatic hydroxyl groups is 2. The number of rotatable bonds is 25. The van der Waals surface area contributed by atoms with E-state index >= 15 is 0 Å². The lowest BCUT2D eigenvalue weighted by Crippen LogP contribution is -2.45. The van der Waals surface area contributed by atoms with Crippen LogP contribution < -0.4 is 5.32 Å². The van der Waals surface area contributed by atoms with E-state index in [9.17, 15) is 15.0 Å². The summed E-state index contributed by atoms with van der Waals surface area (Å²) < 4.78 is 0. The first-order valence-corrected chi connectivity index (χ1v) is 14.6. The maximum Gasteiger partial charge on any atom is 0.220 e. The van der Waals surface area contributed by atoms with E-state index in [4.69, 9.17) is 0 Å². The van der Waals surface area contributed by atoms with Gasteiger partial charge in [0.15, 0.2) is 0 Å². The van der Waals surface area contributed by atoms with E-state index in [1.165, 1.54) is 77.0 Å². The van der Waals surface area contributed by atoms with E-state index in [1.807, 2.05) is 6.08 Å². The van der Waals surface area contributed by atoms with Gasteiger partial charge in [-0.3, -0.25) is 4.79 Å². The van der Waals surface area contributed by atoms with Crippen LogP contribution in [0.5, 0.6) is 0 Å². The molecule has 0 fully saturated rings. The number of aliphatic hydroxyl groups excluding tert-OH is 2. The summed E-state index contributed by atoms with van der Waals surface area (Å²) >= 11 is 0. The smallest absolute Gasteiger partial charge is 0.220 e. The first-order valence-electron chi connectivity index (χ1n) is 14.6. The Kier molecular flexibility index (Phi) is 25.6. The minimum atomic E-state index is -0.852. The molecule has 0 saturated carbocycles. The molecule has 0 aliphatic heterocycles. The van der Waals surface area contributed by atoms with Gasteiger partial charge in [0.1, 0.15) is 0 Å². The molecule has 0 aliphatic carbocycles. The fraction of sp³-hybridized carbons (Fsp3) is 0.833. The van der Waals surface area contributed by atoms with Gasteiger partial charge in [-0.1, -0.05) is 128 Å². The maximum atomic E-state index is 12.0. The largest absolute Gasteiger partial charge is 0.394 e. The lowest BCUT2D eigenvalue weighted by molar-refractivity contribution is -0.123. The average Bonchev–Trinajstić information content (AvgIpc) is 2.84. The summed E-state index contributed by atoms with van der Waals surface area (Å²) in [5.74, 6) is -0.0941. The van der Waals surface area contributed by atoms with Gasteiger partial charge in [-0.05, 0) is 32.1 Å². The zero-order chi connectivity index (χ0) is 25.1. The van der Waals surface area contributed by atoms with Gasteiger partial charge in [-0.15, -0.1) is 0 Å². The molecule has 0 radical (unpaired) electrons. The van der Waals surface area contributed by atoms with Crippen molar-refractivity contribution in [1.82, 2.24) is 5.32 Å². The van der Waals surface area contributed by atoms with E-state index in [0.717, 1.165) is 44.9 Å². The lowest BCUT2D eigenvalue weighted by atomic mass is 10.0. The molecule has 0 aromatic heterocycles. The summed E-state index contributed by atoms with van der Waals surface area (Å²) in [5, 5.41) is 22.5. The Labute approximate surface area is 211 Å². The Morgan fingerprint density at radius 2 is 1.15 bits per heavy atom. The predicted octanol–water partition coefficient (Wildman–Crippen LogP) is 7.78. The van der Waals surface area contributed by atoms with E-state index < -0.39 is 12.1 Å². The highest BCUT2D eigenvalue weighted by molar-refractivity contribution is 5.76. The molecule has 2 unspecified atom stereocenters. The van der Waals surface area contributed by atoms with Crippen molar-refractivity contribution in [3.63, 3.8) is 0 Å². The first kappa shape index (κ1) is 32.9. The standard InChI is InChI=1S/C30H57NO3/c1-3-5-7-9-10-11-12-13-14-15-16-17-18-19-20-21-22-23-25-29(33)28(27-32)31-30(34)26-24-8-6-4-2/h19-20,23,25,28-29,32-33H,3-18,21-22,24,26-27H2,1-2H3,(H,31,34)/b20-19+,25-23+. The fourth-order valence-corrected chi connectivity index (χ4v) is 4.13. The molecular weight excluding hydrogens is 422 g/mol. The summed E-state index contributed by atoms with van der Waals surface area (Å²) in [6.45, 7) is 4.16. The molecule has 1 amide bonds. The zero-order valence-corrected chi connectivity index (χ0v) is 22.6. The van der Waals surface area contributed by atoms with E-state index in [0.29, 0.717) is 6.42 Å². The Balaban J connectivity index is 3.63. The third-order valence-corrected chi connectivity index (χ3v) is 6.44. The SMILES string of the molecule is CCCCCCCCCCCCCC/C=C/CC/C=C/C(O)C(CO)NC(=O)CCCCCC. The van der Waals surface area contributed by atoms with Crippen molar-refractivity contribution in [2.75, 3.05) is 6.61 Å². The van der Waals surface area contributed by atoms with Crippen molar-refractivity contribution >= 4 is 5.91 Å². The molecule has 34 heavy (non-hydrogen) atoms. The Hall–Kier alpha value is -1.13. The van der Waals surface area contributed by atoms with Gasteiger partial charge in [0.2, 0.25) is 5.91 Å². The van der Waals surface area contributed by atoms with Crippen LogP contribution in [-0.4, -0.2) is 34.9 Å². The highest BCUT2D eigenvalue weighted by atomic mass is 16.3. The summed E-state index contributed by atoms with van der Waals surface area (Å²) in [5.41, 5.74) is 0. The molecular formula is C30H57NO3. The second-order valence-corrected chi connectivity index (χ2v) is 9.81. The molecule has 2 atom stereocenters. The number of allylic oxidation sites excluding steroid dienone is 3.